The molecule has 0 unspecified atom stereocenters. The summed E-state index contributed by atoms with van der Waals surface area (Å²) in [6, 6.07) is 21.3. The van der Waals surface area contributed by atoms with Crippen molar-refractivity contribution in [3.63, 3.8) is 0 Å². The summed E-state index contributed by atoms with van der Waals surface area (Å²) in [5.41, 5.74) is 1.94. The number of thioether (sulfide) groups is 1. The van der Waals surface area contributed by atoms with Crippen molar-refractivity contribution in [3.05, 3.63) is 71.8 Å². The van der Waals surface area contributed by atoms with Gasteiger partial charge in [0, 0.05) is 42.6 Å². The van der Waals surface area contributed by atoms with Gasteiger partial charge in [0.1, 0.15) is 5.03 Å². The molecule has 1 amide bonds. The fourth-order valence-corrected chi connectivity index (χ4v) is 4.08. The highest BCUT2D eigenvalue weighted by Crippen LogP contribution is 2.23. The first-order chi connectivity index (χ1) is 14.7. The molecule has 154 valence electrons. The molecule has 3 aromatic rings. The second-order valence-corrected chi connectivity index (χ2v) is 8.32. The molecule has 1 aliphatic rings. The zero-order chi connectivity index (χ0) is 20.8. The van der Waals surface area contributed by atoms with Gasteiger partial charge in [0.2, 0.25) is 5.91 Å². The van der Waals surface area contributed by atoms with E-state index in [1.165, 1.54) is 11.8 Å². The summed E-state index contributed by atoms with van der Waals surface area (Å²) in [5.74, 6) is 1.09. The summed E-state index contributed by atoms with van der Waals surface area (Å²) in [4.78, 5) is 16.6. The lowest BCUT2D eigenvalue weighted by Crippen LogP contribution is -2.46. The van der Waals surface area contributed by atoms with Crippen molar-refractivity contribution in [2.45, 2.75) is 5.03 Å². The number of nitrogens with one attached hydrogen (secondary N) is 1. The highest BCUT2D eigenvalue weighted by molar-refractivity contribution is 7.99. The number of carbonyl (C=O) groups excluding carboxylic acids is 1. The summed E-state index contributed by atoms with van der Waals surface area (Å²) in [6.07, 6.45) is 0. The van der Waals surface area contributed by atoms with Crippen molar-refractivity contribution in [2.24, 2.45) is 0 Å². The molecule has 0 bridgehead atoms. The van der Waals surface area contributed by atoms with Crippen LogP contribution in [0.2, 0.25) is 5.02 Å². The van der Waals surface area contributed by atoms with Gasteiger partial charge < -0.3 is 15.1 Å². The van der Waals surface area contributed by atoms with Gasteiger partial charge in [-0.1, -0.05) is 47.6 Å². The Bertz CT molecular complexity index is 978. The Morgan fingerprint density at radius 2 is 1.70 bits per heavy atom. The molecule has 6 nitrogen and oxygen atoms in total. The third-order valence-corrected chi connectivity index (χ3v) is 5.97. The van der Waals surface area contributed by atoms with E-state index in [9.17, 15) is 4.79 Å². The molecule has 1 fully saturated rings. The minimum atomic E-state index is -0.0609. The molecule has 2 aromatic carbocycles. The van der Waals surface area contributed by atoms with Crippen LogP contribution in [0.5, 0.6) is 0 Å². The number of aromatic nitrogens is 2. The van der Waals surface area contributed by atoms with Crippen molar-refractivity contribution >= 4 is 46.5 Å². The van der Waals surface area contributed by atoms with Crippen molar-refractivity contribution in [1.82, 2.24) is 10.2 Å². The van der Waals surface area contributed by atoms with E-state index < -0.39 is 0 Å². The zero-order valence-corrected chi connectivity index (χ0v) is 17.9. The zero-order valence-electron chi connectivity index (χ0n) is 16.4. The van der Waals surface area contributed by atoms with Gasteiger partial charge in [-0.3, -0.25) is 4.79 Å². The number of nitrogens with zero attached hydrogens (tertiary/aromatic N) is 4. The van der Waals surface area contributed by atoms with Crippen LogP contribution in [-0.2, 0) is 4.79 Å². The summed E-state index contributed by atoms with van der Waals surface area (Å²) >= 11 is 7.48. The number of halogens is 1. The van der Waals surface area contributed by atoms with Crippen LogP contribution >= 0.6 is 23.4 Å². The van der Waals surface area contributed by atoms with Crippen LogP contribution in [0.1, 0.15) is 0 Å². The van der Waals surface area contributed by atoms with Gasteiger partial charge in [-0.15, -0.1) is 10.2 Å². The van der Waals surface area contributed by atoms with E-state index in [1.54, 1.807) is 0 Å². The minimum absolute atomic E-state index is 0.0609. The number of para-hydroxylation sites is 1. The molecule has 1 aliphatic heterocycles. The van der Waals surface area contributed by atoms with E-state index in [-0.39, 0.29) is 5.91 Å². The summed E-state index contributed by atoms with van der Waals surface area (Å²) in [5, 5.41) is 13.0. The van der Waals surface area contributed by atoms with Gasteiger partial charge >= 0.3 is 0 Å². The number of rotatable bonds is 6. The van der Waals surface area contributed by atoms with E-state index in [0.29, 0.717) is 5.75 Å². The van der Waals surface area contributed by atoms with E-state index in [2.05, 4.69) is 31.4 Å². The van der Waals surface area contributed by atoms with Crippen molar-refractivity contribution in [3.8, 4) is 0 Å². The average molecular weight is 440 g/mol. The maximum Gasteiger partial charge on any atom is 0.234 e. The smallest absolute Gasteiger partial charge is 0.234 e. The number of hydrogen-bond donors (Lipinski definition) is 1. The normalized spacial score (nSPS) is 13.9. The molecular formula is C22H22ClN5OS. The second kappa shape index (κ2) is 9.82. The van der Waals surface area contributed by atoms with Crippen LogP contribution in [0.15, 0.2) is 71.8 Å². The van der Waals surface area contributed by atoms with E-state index >= 15 is 0 Å². The van der Waals surface area contributed by atoms with E-state index in [4.69, 9.17) is 11.6 Å². The Morgan fingerprint density at radius 1 is 0.933 bits per heavy atom. The van der Waals surface area contributed by atoms with Crippen LogP contribution in [0, 0.1) is 0 Å². The van der Waals surface area contributed by atoms with Crippen molar-refractivity contribution in [1.29, 1.82) is 0 Å². The number of benzene rings is 2. The maximum atomic E-state index is 12.1. The first-order valence-corrected chi connectivity index (χ1v) is 11.1. The highest BCUT2D eigenvalue weighted by atomic mass is 35.5. The largest absolute Gasteiger partial charge is 0.368 e. The van der Waals surface area contributed by atoms with Gasteiger partial charge in [-0.25, -0.2) is 0 Å². The molecule has 0 spiro atoms. The molecule has 30 heavy (non-hydrogen) atoms. The van der Waals surface area contributed by atoms with Crippen LogP contribution < -0.4 is 15.1 Å². The molecule has 1 N–H and O–H groups in total. The van der Waals surface area contributed by atoms with Crippen LogP contribution in [0.4, 0.5) is 17.2 Å². The first-order valence-electron chi connectivity index (χ1n) is 9.74. The molecule has 0 radical (unpaired) electrons. The van der Waals surface area contributed by atoms with Gasteiger partial charge in [0.05, 0.1) is 5.75 Å². The molecule has 1 aromatic heterocycles. The van der Waals surface area contributed by atoms with Gasteiger partial charge in [-0.2, -0.15) is 0 Å². The predicted octanol–water partition coefficient (Wildman–Crippen LogP) is 4.19. The molecule has 0 aliphatic carbocycles. The lowest BCUT2D eigenvalue weighted by molar-refractivity contribution is -0.113. The van der Waals surface area contributed by atoms with E-state index in [0.717, 1.165) is 53.4 Å². The quantitative estimate of drug-likeness (QED) is 0.581. The minimum Gasteiger partial charge on any atom is -0.368 e. The topological polar surface area (TPSA) is 61.4 Å². The molecular weight excluding hydrogens is 418 g/mol. The standard InChI is InChI=1S/C22H22ClN5OS/c23-17-5-4-8-19(15-17)27-11-13-28(14-12-27)20-9-10-22(26-25-20)30-16-21(29)24-18-6-2-1-3-7-18/h1-10,15H,11-14,16H2,(H,24,29). The highest BCUT2D eigenvalue weighted by Gasteiger charge is 2.19. The summed E-state index contributed by atoms with van der Waals surface area (Å²) in [6.45, 7) is 3.54. The number of amides is 1. The van der Waals surface area contributed by atoms with Gasteiger partial charge in [0.25, 0.3) is 0 Å². The molecule has 0 atom stereocenters. The Balaban J connectivity index is 1.26. The van der Waals surface area contributed by atoms with Crippen LogP contribution in [0.25, 0.3) is 0 Å². The van der Waals surface area contributed by atoms with Crippen LogP contribution in [-0.4, -0.2) is 48.0 Å². The number of carbonyl (C=O) groups is 1. The van der Waals surface area contributed by atoms with Crippen molar-refractivity contribution in [2.75, 3.05) is 47.0 Å². The SMILES string of the molecule is O=C(CSc1ccc(N2CCN(c3cccc(Cl)c3)CC2)nn1)Nc1ccccc1. The molecule has 8 heteroatoms. The lowest BCUT2D eigenvalue weighted by Gasteiger charge is -2.36. The Kier molecular flexibility index (Phi) is 6.71. The average Bonchev–Trinajstić information content (AvgIpc) is 2.79. The summed E-state index contributed by atoms with van der Waals surface area (Å²) < 4.78 is 0. The second-order valence-electron chi connectivity index (χ2n) is 6.89. The Labute approximate surface area is 185 Å². The maximum absolute atomic E-state index is 12.1. The number of hydrogen-bond acceptors (Lipinski definition) is 6. The summed E-state index contributed by atoms with van der Waals surface area (Å²) in [7, 11) is 0. The Morgan fingerprint density at radius 3 is 2.40 bits per heavy atom. The Hall–Kier alpha value is -2.77. The molecule has 1 saturated heterocycles. The fourth-order valence-electron chi connectivity index (χ4n) is 3.28. The first kappa shape index (κ1) is 20.5. The van der Waals surface area contributed by atoms with Crippen LogP contribution in [0.3, 0.4) is 0 Å². The molecule has 2 heterocycles. The molecule has 4 rings (SSSR count). The third kappa shape index (κ3) is 5.43. The van der Waals surface area contributed by atoms with E-state index in [1.807, 2.05) is 60.7 Å². The number of piperazine rings is 1. The lowest BCUT2D eigenvalue weighted by atomic mass is 10.2. The monoisotopic (exact) mass is 439 g/mol. The van der Waals surface area contributed by atoms with Gasteiger partial charge in [0.15, 0.2) is 5.82 Å². The van der Waals surface area contributed by atoms with Gasteiger partial charge in [-0.05, 0) is 42.5 Å². The third-order valence-electron chi connectivity index (χ3n) is 4.81. The predicted molar refractivity (Wildman–Crippen MR) is 124 cm³/mol. The molecule has 0 saturated carbocycles. The van der Waals surface area contributed by atoms with Crippen molar-refractivity contribution < 1.29 is 4.79 Å². The number of anilines is 3. The fraction of sp³-hybridized carbons (Fsp3) is 0.227.